The Morgan fingerprint density at radius 3 is 2.76 bits per heavy atom. The minimum absolute atomic E-state index is 0.0195. The summed E-state index contributed by atoms with van der Waals surface area (Å²) in [4.78, 5) is 15.0. The van der Waals surface area contributed by atoms with Gasteiger partial charge in [-0.15, -0.1) is 0 Å². The number of rotatable bonds is 6. The molecule has 0 spiro atoms. The van der Waals surface area contributed by atoms with E-state index in [1.165, 1.54) is 16.4 Å². The van der Waals surface area contributed by atoms with Crippen molar-refractivity contribution in [2.24, 2.45) is 5.92 Å². The maximum absolute atomic E-state index is 13.4. The van der Waals surface area contributed by atoms with Gasteiger partial charge in [0.1, 0.15) is 18.1 Å². The molecule has 0 bridgehead atoms. The van der Waals surface area contributed by atoms with Crippen LogP contribution in [0.5, 0.6) is 11.5 Å². The summed E-state index contributed by atoms with van der Waals surface area (Å²) in [5.74, 6) is 1.33. The van der Waals surface area contributed by atoms with Crippen LogP contribution in [0.3, 0.4) is 0 Å². The van der Waals surface area contributed by atoms with Gasteiger partial charge < -0.3 is 14.4 Å². The molecule has 1 fully saturated rings. The molecule has 2 aliphatic heterocycles. The molecule has 9 heteroatoms. The Labute approximate surface area is 200 Å². The summed E-state index contributed by atoms with van der Waals surface area (Å²) in [6.45, 7) is 6.55. The number of para-hydroxylation sites is 1. The third-order valence-electron chi connectivity index (χ3n) is 6.09. The Kier molecular flexibility index (Phi) is 7.16. The van der Waals surface area contributed by atoms with Crippen molar-refractivity contribution < 1.29 is 22.7 Å². The van der Waals surface area contributed by atoms with Crippen molar-refractivity contribution >= 4 is 27.5 Å². The second-order valence-corrected chi connectivity index (χ2v) is 10.8. The fraction of sp³-hybridized carbons (Fsp3) is 0.458. The topological polar surface area (TPSA) is 76.1 Å². The molecule has 0 saturated carbocycles. The number of hydrogen-bond acceptors (Lipinski definition) is 5. The van der Waals surface area contributed by atoms with Crippen molar-refractivity contribution in [1.29, 1.82) is 0 Å². The van der Waals surface area contributed by atoms with Gasteiger partial charge in [0.2, 0.25) is 10.0 Å². The molecule has 0 N–H and O–H groups in total. The molecular weight excluding hydrogens is 464 g/mol. The predicted octanol–water partition coefficient (Wildman–Crippen LogP) is 4.19. The average molecular weight is 493 g/mol. The van der Waals surface area contributed by atoms with E-state index in [-0.39, 0.29) is 27.3 Å². The number of carbonyl (C=O) groups is 1. The summed E-state index contributed by atoms with van der Waals surface area (Å²) in [6.07, 6.45) is 1.81. The fourth-order valence-electron chi connectivity index (χ4n) is 4.31. The summed E-state index contributed by atoms with van der Waals surface area (Å²) < 4.78 is 39.5. The lowest BCUT2D eigenvalue weighted by atomic mass is 10.0. The van der Waals surface area contributed by atoms with E-state index in [0.29, 0.717) is 50.9 Å². The number of halogens is 1. The minimum Gasteiger partial charge on any atom is -0.486 e. The van der Waals surface area contributed by atoms with Crippen LogP contribution in [0.4, 0.5) is 0 Å². The molecule has 33 heavy (non-hydrogen) atoms. The Bertz CT molecular complexity index is 1140. The number of hydrogen-bond donors (Lipinski definition) is 0. The number of ether oxygens (including phenoxy) is 2. The maximum atomic E-state index is 13.4. The standard InChI is InChI=1S/C24H29ClN2O5S/c1-3-26(16-19-7-4-8-21-23(19)32-13-12-31-21)24(28)18-9-10-20(25)22(14-18)33(29,30)27-11-5-6-17(2)15-27/h4,7-10,14,17H,3,5-6,11-13,15-16H2,1-2H3. The molecule has 1 unspecified atom stereocenters. The summed E-state index contributed by atoms with van der Waals surface area (Å²) in [5.41, 5.74) is 1.12. The fourth-order valence-corrected chi connectivity index (χ4v) is 6.41. The van der Waals surface area contributed by atoms with Gasteiger partial charge in [-0.05, 0) is 49.9 Å². The van der Waals surface area contributed by atoms with Gasteiger partial charge in [-0.2, -0.15) is 4.31 Å². The highest BCUT2D eigenvalue weighted by Gasteiger charge is 2.31. The number of fused-ring (bicyclic) bond motifs is 1. The highest BCUT2D eigenvalue weighted by molar-refractivity contribution is 7.89. The van der Waals surface area contributed by atoms with Gasteiger partial charge in [-0.1, -0.05) is 30.7 Å². The van der Waals surface area contributed by atoms with Crippen molar-refractivity contribution in [2.75, 3.05) is 32.8 Å². The Balaban J connectivity index is 1.60. The third kappa shape index (κ3) is 4.98. The van der Waals surface area contributed by atoms with Gasteiger partial charge in [0, 0.05) is 37.3 Å². The quantitative estimate of drug-likeness (QED) is 0.604. The van der Waals surface area contributed by atoms with Crippen LogP contribution >= 0.6 is 11.6 Å². The number of benzene rings is 2. The molecule has 0 radical (unpaired) electrons. The summed E-state index contributed by atoms with van der Waals surface area (Å²) >= 11 is 6.30. The van der Waals surface area contributed by atoms with E-state index in [1.54, 1.807) is 11.0 Å². The van der Waals surface area contributed by atoms with Crippen molar-refractivity contribution in [1.82, 2.24) is 9.21 Å². The number of sulfonamides is 1. The molecular formula is C24H29ClN2O5S. The molecule has 1 amide bonds. The molecule has 0 aliphatic carbocycles. The normalized spacial score (nSPS) is 18.7. The lowest BCUT2D eigenvalue weighted by Gasteiger charge is -2.30. The van der Waals surface area contributed by atoms with Crippen molar-refractivity contribution in [3.8, 4) is 11.5 Å². The zero-order valence-corrected chi connectivity index (χ0v) is 20.5. The molecule has 7 nitrogen and oxygen atoms in total. The van der Waals surface area contributed by atoms with Crippen molar-refractivity contribution in [3.05, 3.63) is 52.5 Å². The van der Waals surface area contributed by atoms with E-state index in [9.17, 15) is 13.2 Å². The first-order valence-corrected chi connectivity index (χ1v) is 13.1. The lowest BCUT2D eigenvalue weighted by molar-refractivity contribution is 0.0749. The van der Waals surface area contributed by atoms with Gasteiger partial charge in [0.15, 0.2) is 11.5 Å². The summed E-state index contributed by atoms with van der Waals surface area (Å²) in [5, 5.41) is 0.121. The second kappa shape index (κ2) is 9.91. The van der Waals surface area contributed by atoms with Crippen LogP contribution in [-0.2, 0) is 16.6 Å². The number of amides is 1. The van der Waals surface area contributed by atoms with E-state index in [0.717, 1.165) is 18.4 Å². The Morgan fingerprint density at radius 1 is 1.21 bits per heavy atom. The zero-order valence-electron chi connectivity index (χ0n) is 18.9. The van der Waals surface area contributed by atoms with E-state index in [4.69, 9.17) is 21.1 Å². The van der Waals surface area contributed by atoms with E-state index in [1.807, 2.05) is 32.0 Å². The van der Waals surface area contributed by atoms with Crippen LogP contribution in [0, 0.1) is 5.92 Å². The molecule has 4 rings (SSSR count). The Morgan fingerprint density at radius 2 is 2.00 bits per heavy atom. The minimum atomic E-state index is -3.79. The van der Waals surface area contributed by atoms with Gasteiger partial charge in [0.05, 0.1) is 5.02 Å². The van der Waals surface area contributed by atoms with Crippen LogP contribution in [0.2, 0.25) is 5.02 Å². The molecule has 2 aromatic carbocycles. The first-order chi connectivity index (χ1) is 15.8. The maximum Gasteiger partial charge on any atom is 0.254 e. The molecule has 178 valence electrons. The van der Waals surface area contributed by atoms with E-state index in [2.05, 4.69) is 0 Å². The smallest absolute Gasteiger partial charge is 0.254 e. The molecule has 2 heterocycles. The van der Waals surface area contributed by atoms with E-state index >= 15 is 0 Å². The van der Waals surface area contributed by atoms with Gasteiger partial charge in [-0.3, -0.25) is 4.79 Å². The molecule has 0 aromatic heterocycles. The van der Waals surface area contributed by atoms with Gasteiger partial charge >= 0.3 is 0 Å². The third-order valence-corrected chi connectivity index (χ3v) is 8.44. The highest BCUT2D eigenvalue weighted by Crippen LogP contribution is 2.35. The molecule has 1 atom stereocenters. The molecule has 2 aliphatic rings. The SMILES string of the molecule is CCN(Cc1cccc2c1OCCO2)C(=O)c1ccc(Cl)c(S(=O)(=O)N2CCCC(C)C2)c1. The largest absolute Gasteiger partial charge is 0.486 e. The van der Waals surface area contributed by atoms with Crippen LogP contribution < -0.4 is 9.47 Å². The van der Waals surface area contributed by atoms with Gasteiger partial charge in [-0.25, -0.2) is 8.42 Å². The van der Waals surface area contributed by atoms with Gasteiger partial charge in [0.25, 0.3) is 5.91 Å². The Hall–Kier alpha value is -2.29. The predicted molar refractivity (Wildman–Crippen MR) is 126 cm³/mol. The number of carbonyl (C=O) groups excluding carboxylic acids is 1. The van der Waals surface area contributed by atoms with Crippen LogP contribution in [-0.4, -0.2) is 56.4 Å². The van der Waals surface area contributed by atoms with Crippen LogP contribution in [0.25, 0.3) is 0 Å². The molecule has 2 aromatic rings. The lowest BCUT2D eigenvalue weighted by Crippen LogP contribution is -2.39. The number of nitrogens with zero attached hydrogens (tertiary/aromatic N) is 2. The zero-order chi connectivity index (χ0) is 23.6. The van der Waals surface area contributed by atoms with Crippen molar-refractivity contribution in [3.63, 3.8) is 0 Å². The second-order valence-electron chi connectivity index (χ2n) is 8.52. The average Bonchev–Trinajstić information content (AvgIpc) is 2.82. The first kappa shape index (κ1) is 23.9. The van der Waals surface area contributed by atoms with E-state index < -0.39 is 10.0 Å². The summed E-state index contributed by atoms with van der Waals surface area (Å²) in [7, 11) is -3.79. The van der Waals surface area contributed by atoms with Crippen molar-refractivity contribution in [2.45, 2.75) is 38.1 Å². The highest BCUT2D eigenvalue weighted by atomic mass is 35.5. The number of piperidine rings is 1. The van der Waals surface area contributed by atoms with Crippen LogP contribution in [0.1, 0.15) is 42.6 Å². The monoisotopic (exact) mass is 492 g/mol. The summed E-state index contributed by atoms with van der Waals surface area (Å²) in [6, 6.07) is 10.1. The first-order valence-electron chi connectivity index (χ1n) is 11.3. The van der Waals surface area contributed by atoms with Crippen LogP contribution in [0.15, 0.2) is 41.3 Å². The molecule has 1 saturated heterocycles.